The van der Waals surface area contributed by atoms with Crippen molar-refractivity contribution in [2.75, 3.05) is 7.11 Å². The molecule has 0 aromatic heterocycles. The molecular formula is C9H20O. The Hall–Kier alpha value is -0.0400. The van der Waals surface area contributed by atoms with E-state index in [1.807, 2.05) is 0 Å². The van der Waals surface area contributed by atoms with E-state index in [2.05, 4.69) is 34.6 Å². The molecule has 62 valence electrons. The summed E-state index contributed by atoms with van der Waals surface area (Å²) >= 11 is 0. The molecule has 0 aliphatic rings. The first-order valence-electron chi connectivity index (χ1n) is 3.92. The van der Waals surface area contributed by atoms with Crippen LogP contribution in [0.4, 0.5) is 0 Å². The topological polar surface area (TPSA) is 9.23 Å². The number of methoxy groups -OCH3 is 1. The van der Waals surface area contributed by atoms with Gasteiger partial charge in [0.1, 0.15) is 0 Å². The summed E-state index contributed by atoms with van der Waals surface area (Å²) in [5.74, 6) is 0.602. The van der Waals surface area contributed by atoms with Crippen LogP contribution < -0.4 is 0 Å². The minimum atomic E-state index is 0.267. The van der Waals surface area contributed by atoms with E-state index < -0.39 is 0 Å². The Morgan fingerprint density at radius 1 is 1.10 bits per heavy atom. The van der Waals surface area contributed by atoms with Crippen molar-refractivity contribution in [3.63, 3.8) is 0 Å². The molecule has 1 nitrogen and oxygen atoms in total. The molecule has 0 bridgehead atoms. The molecule has 0 amide bonds. The fourth-order valence-electron chi connectivity index (χ4n) is 1.63. The second-order valence-corrected chi connectivity index (χ2v) is 4.27. The monoisotopic (exact) mass is 144 g/mol. The molecule has 0 fully saturated rings. The van der Waals surface area contributed by atoms with E-state index in [1.54, 1.807) is 7.11 Å². The largest absolute Gasteiger partial charge is 0.381 e. The smallest absolute Gasteiger partial charge is 0.0642 e. The molecule has 0 aliphatic heterocycles. The highest BCUT2D eigenvalue weighted by atomic mass is 16.5. The van der Waals surface area contributed by atoms with Crippen molar-refractivity contribution in [1.82, 2.24) is 0 Å². The third-order valence-electron chi connectivity index (χ3n) is 1.71. The lowest BCUT2D eigenvalue weighted by atomic mass is 9.83. The fraction of sp³-hybridized carbons (Fsp3) is 1.00. The van der Waals surface area contributed by atoms with Crippen molar-refractivity contribution in [2.45, 2.75) is 40.7 Å². The maximum absolute atomic E-state index is 5.38. The third-order valence-corrected chi connectivity index (χ3v) is 1.71. The Morgan fingerprint density at radius 2 is 1.50 bits per heavy atom. The zero-order valence-corrected chi connectivity index (χ0v) is 8.06. The predicted molar refractivity (Wildman–Crippen MR) is 45.1 cm³/mol. The predicted octanol–water partition coefficient (Wildman–Crippen LogP) is 2.70. The third kappa shape index (κ3) is 2.70. The van der Waals surface area contributed by atoms with Crippen molar-refractivity contribution >= 4 is 0 Å². The first kappa shape index (κ1) is 9.96. The molecular weight excluding hydrogens is 124 g/mol. The van der Waals surface area contributed by atoms with Crippen LogP contribution in [-0.4, -0.2) is 13.2 Å². The normalized spacial score (nSPS) is 15.9. The van der Waals surface area contributed by atoms with Crippen molar-refractivity contribution in [2.24, 2.45) is 11.3 Å². The van der Waals surface area contributed by atoms with Crippen LogP contribution in [-0.2, 0) is 4.74 Å². The van der Waals surface area contributed by atoms with Crippen LogP contribution in [0.5, 0.6) is 0 Å². The summed E-state index contributed by atoms with van der Waals surface area (Å²) in [7, 11) is 1.79. The summed E-state index contributed by atoms with van der Waals surface area (Å²) in [6, 6.07) is 0. The van der Waals surface area contributed by atoms with Crippen LogP contribution in [0.2, 0.25) is 0 Å². The van der Waals surface area contributed by atoms with Crippen molar-refractivity contribution < 1.29 is 4.74 Å². The van der Waals surface area contributed by atoms with Gasteiger partial charge in [0, 0.05) is 7.11 Å². The maximum Gasteiger partial charge on any atom is 0.0642 e. The van der Waals surface area contributed by atoms with Crippen molar-refractivity contribution in [3.05, 3.63) is 0 Å². The number of ether oxygens (including phenoxy) is 1. The summed E-state index contributed by atoms with van der Waals surface area (Å²) in [5, 5.41) is 0. The highest BCUT2D eigenvalue weighted by Crippen LogP contribution is 2.27. The highest BCUT2D eigenvalue weighted by molar-refractivity contribution is 4.76. The van der Waals surface area contributed by atoms with E-state index in [-0.39, 0.29) is 5.41 Å². The van der Waals surface area contributed by atoms with Crippen LogP contribution in [0.1, 0.15) is 34.6 Å². The molecule has 0 aromatic carbocycles. The second kappa shape index (κ2) is 3.38. The van der Waals surface area contributed by atoms with E-state index >= 15 is 0 Å². The van der Waals surface area contributed by atoms with Crippen LogP contribution in [0, 0.1) is 11.3 Å². The summed E-state index contributed by atoms with van der Waals surface area (Å²) in [6.07, 6.45) is 0.368. The van der Waals surface area contributed by atoms with Gasteiger partial charge in [-0.15, -0.1) is 0 Å². The molecule has 0 rings (SSSR count). The van der Waals surface area contributed by atoms with Crippen molar-refractivity contribution in [3.8, 4) is 0 Å². The Labute approximate surface area is 64.8 Å². The molecule has 0 saturated carbocycles. The minimum Gasteiger partial charge on any atom is -0.381 e. The lowest BCUT2D eigenvalue weighted by molar-refractivity contribution is -0.0158. The molecule has 0 saturated heterocycles. The van der Waals surface area contributed by atoms with Gasteiger partial charge < -0.3 is 4.74 Å². The Morgan fingerprint density at radius 3 is 1.50 bits per heavy atom. The molecule has 0 aromatic rings. The summed E-state index contributed by atoms with van der Waals surface area (Å²) in [6.45, 7) is 11.0. The fourth-order valence-corrected chi connectivity index (χ4v) is 1.63. The quantitative estimate of drug-likeness (QED) is 0.579. The van der Waals surface area contributed by atoms with Gasteiger partial charge in [-0.05, 0) is 11.3 Å². The molecule has 0 radical (unpaired) electrons. The standard InChI is InChI=1S/C9H20O/c1-7(2)8(10-6)9(3,4)5/h7-8H,1-6H3/t8-/m1/s1. The first-order chi connectivity index (χ1) is 4.39. The van der Waals surface area contributed by atoms with Gasteiger partial charge in [-0.3, -0.25) is 0 Å². The van der Waals surface area contributed by atoms with Crippen LogP contribution in [0.15, 0.2) is 0 Å². The van der Waals surface area contributed by atoms with E-state index in [0.717, 1.165) is 0 Å². The summed E-state index contributed by atoms with van der Waals surface area (Å²) in [4.78, 5) is 0. The van der Waals surface area contributed by atoms with Gasteiger partial charge in [0.2, 0.25) is 0 Å². The van der Waals surface area contributed by atoms with Crippen LogP contribution in [0.3, 0.4) is 0 Å². The average molecular weight is 144 g/mol. The molecule has 1 heteroatoms. The molecule has 1 atom stereocenters. The van der Waals surface area contributed by atoms with Gasteiger partial charge >= 0.3 is 0 Å². The molecule has 0 N–H and O–H groups in total. The highest BCUT2D eigenvalue weighted by Gasteiger charge is 2.26. The van der Waals surface area contributed by atoms with Gasteiger partial charge in [-0.2, -0.15) is 0 Å². The van der Waals surface area contributed by atoms with E-state index in [1.165, 1.54) is 0 Å². The van der Waals surface area contributed by atoms with Gasteiger partial charge in [-0.1, -0.05) is 34.6 Å². The van der Waals surface area contributed by atoms with Crippen LogP contribution in [0.25, 0.3) is 0 Å². The lowest BCUT2D eigenvalue weighted by Gasteiger charge is -2.32. The Bertz CT molecular complexity index is 89.4. The van der Waals surface area contributed by atoms with Gasteiger partial charge in [0.05, 0.1) is 6.10 Å². The lowest BCUT2D eigenvalue weighted by Crippen LogP contribution is -2.32. The average Bonchev–Trinajstić information content (AvgIpc) is 1.60. The first-order valence-corrected chi connectivity index (χ1v) is 3.92. The number of rotatable bonds is 2. The van der Waals surface area contributed by atoms with Gasteiger partial charge in [-0.25, -0.2) is 0 Å². The molecule has 10 heavy (non-hydrogen) atoms. The van der Waals surface area contributed by atoms with Crippen LogP contribution >= 0.6 is 0 Å². The van der Waals surface area contributed by atoms with E-state index in [4.69, 9.17) is 4.74 Å². The summed E-state index contributed by atoms with van der Waals surface area (Å²) < 4.78 is 5.38. The molecule has 0 unspecified atom stereocenters. The van der Waals surface area contributed by atoms with E-state index in [0.29, 0.717) is 12.0 Å². The number of hydrogen-bond donors (Lipinski definition) is 0. The second-order valence-electron chi connectivity index (χ2n) is 4.27. The molecule has 0 heterocycles. The number of hydrogen-bond acceptors (Lipinski definition) is 1. The minimum absolute atomic E-state index is 0.267. The zero-order valence-electron chi connectivity index (χ0n) is 8.06. The zero-order chi connectivity index (χ0) is 8.36. The Balaban J connectivity index is 4.07. The van der Waals surface area contributed by atoms with Gasteiger partial charge in [0.25, 0.3) is 0 Å². The Kier molecular flexibility index (Phi) is 3.37. The summed E-state index contributed by atoms with van der Waals surface area (Å²) in [5.41, 5.74) is 0.267. The van der Waals surface area contributed by atoms with E-state index in [9.17, 15) is 0 Å². The van der Waals surface area contributed by atoms with Crippen molar-refractivity contribution in [1.29, 1.82) is 0 Å². The molecule has 0 aliphatic carbocycles. The SMILES string of the molecule is CO[C@H](C(C)C)C(C)(C)C. The van der Waals surface area contributed by atoms with Gasteiger partial charge in [0.15, 0.2) is 0 Å². The maximum atomic E-state index is 5.38. The molecule has 0 spiro atoms.